The SMILES string of the molecule is COc1ccc(-n2cc(-c3nnn[nH]3)c(=O)n(Cc3cccc(Cl)c3Cl)c2=O)cc1. The lowest BCUT2D eigenvalue weighted by molar-refractivity contribution is 0.414. The summed E-state index contributed by atoms with van der Waals surface area (Å²) >= 11 is 12.4. The molecule has 0 amide bonds. The second-order valence-corrected chi connectivity index (χ2v) is 7.03. The summed E-state index contributed by atoms with van der Waals surface area (Å²) in [5.41, 5.74) is 0.0447. The molecule has 0 atom stereocenters. The highest BCUT2D eigenvalue weighted by Gasteiger charge is 2.18. The standard InChI is InChI=1S/C19H14Cl2N6O3/c1-30-13-7-5-12(6-8-13)26-10-14(17-22-24-25-23-17)18(28)27(19(26)29)9-11-3-2-4-15(20)16(11)21/h2-8,10H,9H2,1H3,(H,22,23,24,25). The van der Waals surface area contributed by atoms with E-state index in [0.29, 0.717) is 22.0 Å². The summed E-state index contributed by atoms with van der Waals surface area (Å²) in [5, 5.41) is 14.0. The van der Waals surface area contributed by atoms with Crippen molar-refractivity contribution in [1.82, 2.24) is 29.8 Å². The third-order valence-corrected chi connectivity index (χ3v) is 5.34. The van der Waals surface area contributed by atoms with Crippen LogP contribution in [0.25, 0.3) is 17.1 Å². The van der Waals surface area contributed by atoms with Crippen LogP contribution >= 0.6 is 23.2 Å². The summed E-state index contributed by atoms with van der Waals surface area (Å²) in [5.74, 6) is 0.763. The summed E-state index contributed by atoms with van der Waals surface area (Å²) in [7, 11) is 1.55. The summed E-state index contributed by atoms with van der Waals surface area (Å²) in [4.78, 5) is 26.3. The van der Waals surface area contributed by atoms with E-state index >= 15 is 0 Å². The van der Waals surface area contributed by atoms with Crippen molar-refractivity contribution >= 4 is 23.2 Å². The van der Waals surface area contributed by atoms with Crippen molar-refractivity contribution in [2.45, 2.75) is 6.54 Å². The van der Waals surface area contributed by atoms with Crippen molar-refractivity contribution < 1.29 is 4.74 Å². The average Bonchev–Trinajstić information content (AvgIpc) is 3.29. The Balaban J connectivity index is 1.94. The highest BCUT2D eigenvalue weighted by atomic mass is 35.5. The van der Waals surface area contributed by atoms with E-state index in [4.69, 9.17) is 27.9 Å². The quantitative estimate of drug-likeness (QED) is 0.506. The highest BCUT2D eigenvalue weighted by molar-refractivity contribution is 6.42. The number of H-pyrrole nitrogens is 1. The van der Waals surface area contributed by atoms with Gasteiger partial charge in [0.1, 0.15) is 11.3 Å². The molecular formula is C19H14Cl2N6O3. The van der Waals surface area contributed by atoms with E-state index in [-0.39, 0.29) is 23.0 Å². The normalized spacial score (nSPS) is 10.9. The van der Waals surface area contributed by atoms with Crippen LogP contribution in [0.4, 0.5) is 0 Å². The van der Waals surface area contributed by atoms with Gasteiger partial charge in [0.05, 0.1) is 29.4 Å². The molecule has 0 aliphatic heterocycles. The molecule has 0 aliphatic rings. The number of aromatic nitrogens is 6. The van der Waals surface area contributed by atoms with Crippen LogP contribution in [0.1, 0.15) is 5.56 Å². The molecule has 4 rings (SSSR count). The Bertz CT molecular complexity index is 1310. The van der Waals surface area contributed by atoms with Gasteiger partial charge in [0.25, 0.3) is 5.56 Å². The van der Waals surface area contributed by atoms with E-state index in [1.165, 1.54) is 10.8 Å². The lowest BCUT2D eigenvalue weighted by Gasteiger charge is -2.13. The number of methoxy groups -OCH3 is 1. The minimum Gasteiger partial charge on any atom is -0.497 e. The maximum Gasteiger partial charge on any atom is 0.335 e. The molecule has 0 spiro atoms. The van der Waals surface area contributed by atoms with Crippen molar-refractivity contribution in [2.75, 3.05) is 7.11 Å². The first-order valence-corrected chi connectivity index (χ1v) is 9.43. The van der Waals surface area contributed by atoms with Gasteiger partial charge in [-0.3, -0.25) is 13.9 Å². The number of rotatable bonds is 5. The van der Waals surface area contributed by atoms with Crippen molar-refractivity contribution in [3.8, 4) is 22.8 Å². The Kier molecular flexibility index (Phi) is 5.39. The van der Waals surface area contributed by atoms with Gasteiger partial charge in [0.15, 0.2) is 5.82 Å². The molecule has 30 heavy (non-hydrogen) atoms. The first-order chi connectivity index (χ1) is 14.5. The molecular weight excluding hydrogens is 431 g/mol. The molecule has 1 N–H and O–H groups in total. The molecule has 11 heteroatoms. The third kappa shape index (κ3) is 3.60. The number of nitrogens with zero attached hydrogens (tertiary/aromatic N) is 5. The fourth-order valence-electron chi connectivity index (χ4n) is 2.95. The fraction of sp³-hybridized carbons (Fsp3) is 0.105. The molecule has 152 valence electrons. The molecule has 0 fully saturated rings. The Morgan fingerprint density at radius 2 is 1.87 bits per heavy atom. The van der Waals surface area contributed by atoms with Gasteiger partial charge in [0, 0.05) is 6.20 Å². The minimum absolute atomic E-state index is 0.0807. The molecule has 2 aromatic carbocycles. The number of aromatic amines is 1. The Hall–Kier alpha value is -3.43. The Labute approximate surface area is 179 Å². The predicted molar refractivity (Wildman–Crippen MR) is 112 cm³/mol. The van der Waals surface area contributed by atoms with Crippen molar-refractivity contribution in [1.29, 1.82) is 0 Å². The van der Waals surface area contributed by atoms with Crippen LogP contribution in [-0.2, 0) is 6.54 Å². The smallest absolute Gasteiger partial charge is 0.335 e. The Morgan fingerprint density at radius 1 is 1.10 bits per heavy atom. The number of nitrogens with one attached hydrogen (secondary N) is 1. The molecule has 0 unspecified atom stereocenters. The zero-order valence-electron chi connectivity index (χ0n) is 15.5. The number of halogens is 2. The summed E-state index contributed by atoms with van der Waals surface area (Å²) < 4.78 is 7.55. The lowest BCUT2D eigenvalue weighted by atomic mass is 10.2. The van der Waals surface area contributed by atoms with E-state index in [1.54, 1.807) is 49.6 Å². The molecule has 4 aromatic rings. The van der Waals surface area contributed by atoms with Gasteiger partial charge in [-0.25, -0.2) is 9.89 Å². The van der Waals surface area contributed by atoms with Crippen LogP contribution in [0.5, 0.6) is 5.75 Å². The number of tetrazole rings is 1. The third-order valence-electron chi connectivity index (χ3n) is 4.48. The van der Waals surface area contributed by atoms with Gasteiger partial charge < -0.3 is 4.74 Å². The molecule has 0 aliphatic carbocycles. The van der Waals surface area contributed by atoms with Crippen LogP contribution in [-0.4, -0.2) is 36.9 Å². The zero-order chi connectivity index (χ0) is 21.3. The average molecular weight is 445 g/mol. The van der Waals surface area contributed by atoms with E-state index in [0.717, 1.165) is 4.57 Å². The summed E-state index contributed by atoms with van der Waals surface area (Å²) in [6, 6.07) is 11.8. The molecule has 2 heterocycles. The van der Waals surface area contributed by atoms with Crippen LogP contribution < -0.4 is 16.0 Å². The van der Waals surface area contributed by atoms with Gasteiger partial charge >= 0.3 is 5.69 Å². The maximum atomic E-state index is 13.2. The highest BCUT2D eigenvalue weighted by Crippen LogP contribution is 2.26. The van der Waals surface area contributed by atoms with Gasteiger partial charge in [-0.2, -0.15) is 0 Å². The van der Waals surface area contributed by atoms with E-state index in [2.05, 4.69) is 20.6 Å². The second-order valence-electron chi connectivity index (χ2n) is 6.25. The van der Waals surface area contributed by atoms with E-state index < -0.39 is 11.2 Å². The fourth-order valence-corrected chi connectivity index (χ4v) is 3.33. The zero-order valence-corrected chi connectivity index (χ0v) is 17.1. The largest absolute Gasteiger partial charge is 0.497 e. The van der Waals surface area contributed by atoms with Crippen molar-refractivity contribution in [3.05, 3.63) is 85.1 Å². The van der Waals surface area contributed by atoms with Crippen molar-refractivity contribution in [3.63, 3.8) is 0 Å². The van der Waals surface area contributed by atoms with Crippen LogP contribution in [0.15, 0.2) is 58.3 Å². The van der Waals surface area contributed by atoms with E-state index in [9.17, 15) is 9.59 Å². The summed E-state index contributed by atoms with van der Waals surface area (Å²) in [6.45, 7) is -0.0807. The lowest BCUT2D eigenvalue weighted by Crippen LogP contribution is -2.40. The van der Waals surface area contributed by atoms with Gasteiger partial charge in [-0.1, -0.05) is 35.3 Å². The van der Waals surface area contributed by atoms with Gasteiger partial charge in [-0.15, -0.1) is 5.10 Å². The molecule has 0 saturated carbocycles. The van der Waals surface area contributed by atoms with E-state index in [1.807, 2.05) is 0 Å². The van der Waals surface area contributed by atoms with Crippen molar-refractivity contribution in [2.24, 2.45) is 0 Å². The first-order valence-electron chi connectivity index (χ1n) is 8.67. The molecule has 2 aromatic heterocycles. The van der Waals surface area contributed by atoms with Crippen LogP contribution in [0.2, 0.25) is 10.0 Å². The molecule has 0 bridgehead atoms. The number of hydrogen-bond donors (Lipinski definition) is 1. The van der Waals surface area contributed by atoms with Crippen LogP contribution in [0.3, 0.4) is 0 Å². The Morgan fingerprint density at radius 3 is 2.53 bits per heavy atom. The maximum absolute atomic E-state index is 13.2. The predicted octanol–water partition coefficient (Wildman–Crippen LogP) is 2.54. The number of ether oxygens (including phenoxy) is 1. The topological polar surface area (TPSA) is 108 Å². The molecule has 9 nitrogen and oxygen atoms in total. The number of hydrogen-bond acceptors (Lipinski definition) is 6. The molecule has 0 saturated heterocycles. The summed E-state index contributed by atoms with van der Waals surface area (Å²) in [6.07, 6.45) is 1.39. The van der Waals surface area contributed by atoms with Gasteiger partial charge in [0.2, 0.25) is 0 Å². The number of benzene rings is 2. The monoisotopic (exact) mass is 444 g/mol. The minimum atomic E-state index is -0.570. The first kappa shape index (κ1) is 19.9. The van der Waals surface area contributed by atoms with Gasteiger partial charge in [-0.05, 0) is 46.3 Å². The molecule has 0 radical (unpaired) electrons. The second kappa shape index (κ2) is 8.13. The van der Waals surface area contributed by atoms with Crippen LogP contribution in [0, 0.1) is 0 Å².